The monoisotopic (exact) mass is 182 g/mol. The maximum atomic E-state index is 10.5. The molecular weight excluding hydrogens is 168 g/mol. The Hall–Kier alpha value is -1.32. The molecule has 0 aliphatic rings. The zero-order valence-corrected chi connectivity index (χ0v) is 7.90. The second kappa shape index (κ2) is 4.07. The van der Waals surface area contributed by atoms with Crippen LogP contribution in [0, 0.1) is 0 Å². The Kier molecular flexibility index (Phi) is 3.06. The van der Waals surface area contributed by atoms with Gasteiger partial charge in [0.2, 0.25) is 0 Å². The van der Waals surface area contributed by atoms with Crippen molar-refractivity contribution in [3.8, 4) is 0 Å². The molecule has 0 saturated carbocycles. The lowest BCUT2D eigenvalue weighted by Gasteiger charge is -2.09. The Morgan fingerprint density at radius 2 is 2.46 bits per heavy atom. The van der Waals surface area contributed by atoms with Gasteiger partial charge in [0.25, 0.3) is 0 Å². The summed E-state index contributed by atoms with van der Waals surface area (Å²) in [7, 11) is 0. The molecule has 0 amide bonds. The lowest BCUT2D eigenvalue weighted by Crippen LogP contribution is -2.12. The fourth-order valence-electron chi connectivity index (χ4n) is 1.21. The summed E-state index contributed by atoms with van der Waals surface area (Å²) < 4.78 is 1.68. The molecule has 1 unspecified atom stereocenters. The molecule has 0 radical (unpaired) electrons. The number of nitrogens with zero attached hydrogens (tertiary/aromatic N) is 2. The van der Waals surface area contributed by atoms with Crippen LogP contribution in [-0.4, -0.2) is 20.6 Å². The molecule has 1 aromatic rings. The van der Waals surface area contributed by atoms with Crippen LogP contribution >= 0.6 is 0 Å². The van der Waals surface area contributed by atoms with Crippen LogP contribution in [0.1, 0.15) is 32.0 Å². The van der Waals surface area contributed by atoms with Crippen LogP contribution in [-0.2, 0) is 11.3 Å². The summed E-state index contributed by atoms with van der Waals surface area (Å²) in [6.45, 7) is 4.10. The molecule has 1 N–H and O–H groups in total. The van der Waals surface area contributed by atoms with Crippen LogP contribution in [0.2, 0.25) is 0 Å². The van der Waals surface area contributed by atoms with E-state index in [0.717, 1.165) is 12.2 Å². The van der Waals surface area contributed by atoms with Crippen LogP contribution in [0.5, 0.6) is 0 Å². The van der Waals surface area contributed by atoms with Crippen molar-refractivity contribution in [1.29, 1.82) is 0 Å². The number of carboxylic acids is 1. The van der Waals surface area contributed by atoms with Gasteiger partial charge in [-0.05, 0) is 6.42 Å². The first kappa shape index (κ1) is 9.77. The molecule has 0 bridgehead atoms. The standard InChI is InChI=1S/C9H14N2O2/c1-3-7(2)9-10-4-5-11(9)6-8(12)13/h4-5,7H,3,6H2,1-2H3,(H,12,13). The van der Waals surface area contributed by atoms with Gasteiger partial charge in [0.1, 0.15) is 12.4 Å². The second-order valence-corrected chi connectivity index (χ2v) is 3.12. The fraction of sp³-hybridized carbons (Fsp3) is 0.556. The molecular formula is C9H14N2O2. The number of carbonyl (C=O) groups is 1. The topological polar surface area (TPSA) is 55.1 Å². The van der Waals surface area contributed by atoms with E-state index in [0.29, 0.717) is 5.92 Å². The number of aromatic nitrogens is 2. The normalized spacial score (nSPS) is 12.8. The third kappa shape index (κ3) is 2.31. The van der Waals surface area contributed by atoms with Crippen molar-refractivity contribution >= 4 is 5.97 Å². The molecule has 72 valence electrons. The SMILES string of the molecule is CCC(C)c1nccn1CC(=O)O. The maximum Gasteiger partial charge on any atom is 0.323 e. The van der Waals surface area contributed by atoms with Gasteiger partial charge >= 0.3 is 5.97 Å². The number of aliphatic carboxylic acids is 1. The first-order valence-corrected chi connectivity index (χ1v) is 4.38. The summed E-state index contributed by atoms with van der Waals surface area (Å²) in [5, 5.41) is 8.62. The predicted octanol–water partition coefficient (Wildman–Crippen LogP) is 1.48. The van der Waals surface area contributed by atoms with Gasteiger partial charge in [-0.25, -0.2) is 4.98 Å². The van der Waals surface area contributed by atoms with Gasteiger partial charge in [0.15, 0.2) is 0 Å². The molecule has 1 aromatic heterocycles. The van der Waals surface area contributed by atoms with E-state index in [1.54, 1.807) is 17.0 Å². The van der Waals surface area contributed by atoms with Crippen molar-refractivity contribution in [2.45, 2.75) is 32.7 Å². The highest BCUT2D eigenvalue weighted by Gasteiger charge is 2.11. The van der Waals surface area contributed by atoms with E-state index >= 15 is 0 Å². The van der Waals surface area contributed by atoms with Crippen LogP contribution in [0.25, 0.3) is 0 Å². The summed E-state index contributed by atoms with van der Waals surface area (Å²) in [6, 6.07) is 0. The average Bonchev–Trinajstić information content (AvgIpc) is 2.50. The quantitative estimate of drug-likeness (QED) is 0.767. The van der Waals surface area contributed by atoms with E-state index < -0.39 is 5.97 Å². The lowest BCUT2D eigenvalue weighted by molar-refractivity contribution is -0.137. The van der Waals surface area contributed by atoms with Crippen molar-refractivity contribution in [3.63, 3.8) is 0 Å². The fourth-order valence-corrected chi connectivity index (χ4v) is 1.21. The number of hydrogen-bond donors (Lipinski definition) is 1. The molecule has 0 aliphatic heterocycles. The van der Waals surface area contributed by atoms with Crippen LogP contribution < -0.4 is 0 Å². The molecule has 4 heteroatoms. The van der Waals surface area contributed by atoms with Crippen molar-refractivity contribution in [1.82, 2.24) is 9.55 Å². The first-order chi connectivity index (χ1) is 6.15. The van der Waals surface area contributed by atoms with Crippen molar-refractivity contribution < 1.29 is 9.90 Å². The van der Waals surface area contributed by atoms with E-state index in [4.69, 9.17) is 5.11 Å². The van der Waals surface area contributed by atoms with Gasteiger partial charge in [0.05, 0.1) is 0 Å². The molecule has 13 heavy (non-hydrogen) atoms. The minimum atomic E-state index is -0.831. The Balaban J connectivity index is 2.82. The highest BCUT2D eigenvalue weighted by molar-refractivity contribution is 5.66. The second-order valence-electron chi connectivity index (χ2n) is 3.12. The van der Waals surface area contributed by atoms with Crippen molar-refractivity contribution in [2.75, 3.05) is 0 Å². The third-order valence-electron chi connectivity index (χ3n) is 2.11. The van der Waals surface area contributed by atoms with Crippen molar-refractivity contribution in [2.24, 2.45) is 0 Å². The molecule has 0 aromatic carbocycles. The summed E-state index contributed by atoms with van der Waals surface area (Å²) in [4.78, 5) is 14.6. The van der Waals surface area contributed by atoms with Gasteiger partial charge in [-0.2, -0.15) is 0 Å². The van der Waals surface area contributed by atoms with Gasteiger partial charge < -0.3 is 9.67 Å². The van der Waals surface area contributed by atoms with E-state index in [9.17, 15) is 4.79 Å². The van der Waals surface area contributed by atoms with E-state index in [2.05, 4.69) is 11.9 Å². The van der Waals surface area contributed by atoms with Crippen LogP contribution in [0.4, 0.5) is 0 Å². The minimum absolute atomic E-state index is 0.000324. The predicted molar refractivity (Wildman–Crippen MR) is 48.6 cm³/mol. The molecule has 0 fully saturated rings. The van der Waals surface area contributed by atoms with E-state index in [-0.39, 0.29) is 6.54 Å². The maximum absolute atomic E-state index is 10.5. The van der Waals surface area contributed by atoms with Gasteiger partial charge in [-0.15, -0.1) is 0 Å². The van der Waals surface area contributed by atoms with E-state index in [1.807, 2.05) is 6.92 Å². The molecule has 1 heterocycles. The average molecular weight is 182 g/mol. The van der Waals surface area contributed by atoms with Crippen LogP contribution in [0.15, 0.2) is 12.4 Å². The van der Waals surface area contributed by atoms with Gasteiger partial charge in [-0.1, -0.05) is 13.8 Å². The number of imidazole rings is 1. The molecule has 1 atom stereocenters. The minimum Gasteiger partial charge on any atom is -0.480 e. The van der Waals surface area contributed by atoms with Gasteiger partial charge in [0, 0.05) is 18.3 Å². The number of hydrogen-bond acceptors (Lipinski definition) is 2. The Morgan fingerprint density at radius 3 is 3.00 bits per heavy atom. The molecule has 4 nitrogen and oxygen atoms in total. The largest absolute Gasteiger partial charge is 0.480 e. The molecule has 0 spiro atoms. The Labute approximate surface area is 77.2 Å². The molecule has 0 saturated heterocycles. The summed E-state index contributed by atoms with van der Waals surface area (Å²) >= 11 is 0. The molecule has 0 aliphatic carbocycles. The highest BCUT2D eigenvalue weighted by Crippen LogP contribution is 2.15. The zero-order chi connectivity index (χ0) is 9.84. The summed E-state index contributed by atoms with van der Waals surface area (Å²) in [5.41, 5.74) is 0. The number of carboxylic acid groups (broad SMARTS) is 1. The Bertz CT molecular complexity index is 294. The summed E-state index contributed by atoms with van der Waals surface area (Å²) in [6.07, 6.45) is 4.32. The molecule has 1 rings (SSSR count). The van der Waals surface area contributed by atoms with Crippen molar-refractivity contribution in [3.05, 3.63) is 18.2 Å². The van der Waals surface area contributed by atoms with E-state index in [1.165, 1.54) is 0 Å². The zero-order valence-electron chi connectivity index (χ0n) is 7.90. The van der Waals surface area contributed by atoms with Gasteiger partial charge in [-0.3, -0.25) is 4.79 Å². The first-order valence-electron chi connectivity index (χ1n) is 4.38. The lowest BCUT2D eigenvalue weighted by atomic mass is 10.1. The third-order valence-corrected chi connectivity index (χ3v) is 2.11. The van der Waals surface area contributed by atoms with Crippen LogP contribution in [0.3, 0.4) is 0 Å². The smallest absolute Gasteiger partial charge is 0.323 e. The number of rotatable bonds is 4. The Morgan fingerprint density at radius 1 is 1.77 bits per heavy atom. The highest BCUT2D eigenvalue weighted by atomic mass is 16.4. The summed E-state index contributed by atoms with van der Waals surface area (Å²) in [5.74, 6) is 0.335.